The number of rotatable bonds is 7. The normalized spacial score (nSPS) is 11.8. The van der Waals surface area contributed by atoms with Crippen LogP contribution in [0.15, 0.2) is 22.7 Å². The summed E-state index contributed by atoms with van der Waals surface area (Å²) in [5.74, 6) is -1.34. The molecule has 21 heavy (non-hydrogen) atoms. The van der Waals surface area contributed by atoms with E-state index >= 15 is 0 Å². The van der Waals surface area contributed by atoms with Crippen LogP contribution in [0.1, 0.15) is 20.3 Å². The smallest absolute Gasteiger partial charge is 0.305 e. The molecule has 5 nitrogen and oxygen atoms in total. The summed E-state index contributed by atoms with van der Waals surface area (Å²) in [6, 6.07) is 3.48. The first-order valence-electron chi connectivity index (χ1n) is 6.44. The lowest BCUT2D eigenvalue weighted by Crippen LogP contribution is -2.42. The van der Waals surface area contributed by atoms with Crippen molar-refractivity contribution in [1.29, 1.82) is 0 Å². The van der Waals surface area contributed by atoms with Crippen LogP contribution in [0.2, 0.25) is 0 Å². The highest BCUT2D eigenvalue weighted by atomic mass is 79.9. The minimum Gasteiger partial charge on any atom is -0.483 e. The molecule has 0 spiro atoms. The first-order chi connectivity index (χ1) is 9.85. The zero-order valence-electron chi connectivity index (χ0n) is 11.8. The van der Waals surface area contributed by atoms with Crippen molar-refractivity contribution in [2.24, 2.45) is 0 Å². The number of amides is 1. The molecule has 0 fully saturated rings. The number of hydrogen-bond acceptors (Lipinski definition) is 3. The van der Waals surface area contributed by atoms with Crippen LogP contribution in [0.5, 0.6) is 5.75 Å². The van der Waals surface area contributed by atoms with Crippen LogP contribution in [0, 0.1) is 5.82 Å². The molecular weight excluding hydrogens is 345 g/mol. The van der Waals surface area contributed by atoms with E-state index in [1.807, 2.05) is 0 Å². The third-order valence-corrected chi connectivity index (χ3v) is 3.53. The van der Waals surface area contributed by atoms with E-state index in [9.17, 15) is 14.0 Å². The summed E-state index contributed by atoms with van der Waals surface area (Å²) in [6.45, 7) is 3.59. The summed E-state index contributed by atoms with van der Waals surface area (Å²) >= 11 is 3.15. The number of ether oxygens (including phenoxy) is 1. The Kier molecular flexibility index (Phi) is 6.61. The molecule has 0 aliphatic heterocycles. The van der Waals surface area contributed by atoms with Crippen LogP contribution in [-0.4, -0.2) is 41.1 Å². The van der Waals surface area contributed by atoms with Crippen LogP contribution in [0.3, 0.4) is 0 Å². The molecule has 1 N–H and O–H groups in total. The Morgan fingerprint density at radius 1 is 1.48 bits per heavy atom. The van der Waals surface area contributed by atoms with E-state index in [1.54, 1.807) is 13.8 Å². The number of aliphatic carboxylic acids is 1. The zero-order valence-corrected chi connectivity index (χ0v) is 13.4. The van der Waals surface area contributed by atoms with E-state index in [0.717, 1.165) is 0 Å². The number of carbonyl (C=O) groups excluding carboxylic acids is 1. The summed E-state index contributed by atoms with van der Waals surface area (Å²) in [7, 11) is 0. The van der Waals surface area contributed by atoms with Gasteiger partial charge in [-0.05, 0) is 48.0 Å². The number of halogens is 2. The van der Waals surface area contributed by atoms with Crippen molar-refractivity contribution in [3.8, 4) is 5.75 Å². The van der Waals surface area contributed by atoms with Gasteiger partial charge >= 0.3 is 5.97 Å². The maximum absolute atomic E-state index is 12.9. The molecule has 1 amide bonds. The lowest BCUT2D eigenvalue weighted by molar-refractivity contribution is -0.141. The Labute approximate surface area is 130 Å². The molecule has 0 saturated heterocycles. The molecule has 0 saturated carbocycles. The van der Waals surface area contributed by atoms with E-state index < -0.39 is 17.8 Å². The van der Waals surface area contributed by atoms with Gasteiger partial charge in [-0.2, -0.15) is 0 Å². The highest BCUT2D eigenvalue weighted by Gasteiger charge is 2.21. The number of carbonyl (C=O) groups is 2. The first-order valence-corrected chi connectivity index (χ1v) is 7.23. The Balaban J connectivity index is 2.64. The van der Waals surface area contributed by atoms with Crippen LogP contribution >= 0.6 is 15.9 Å². The van der Waals surface area contributed by atoms with E-state index in [1.165, 1.54) is 23.1 Å². The van der Waals surface area contributed by atoms with E-state index in [4.69, 9.17) is 9.84 Å². The average Bonchev–Trinajstić information content (AvgIpc) is 2.37. The minimum absolute atomic E-state index is 0.125. The summed E-state index contributed by atoms with van der Waals surface area (Å²) in [4.78, 5) is 24.2. The topological polar surface area (TPSA) is 66.8 Å². The fraction of sp³-hybridized carbons (Fsp3) is 0.429. The molecule has 1 aromatic carbocycles. The largest absolute Gasteiger partial charge is 0.483 e. The molecule has 0 bridgehead atoms. The third-order valence-electron chi connectivity index (χ3n) is 2.91. The number of carboxylic acid groups (broad SMARTS) is 1. The van der Waals surface area contributed by atoms with Gasteiger partial charge in [-0.25, -0.2) is 4.39 Å². The molecule has 116 valence electrons. The molecular formula is C14H17BrFNO4. The third kappa shape index (κ3) is 5.34. The lowest BCUT2D eigenvalue weighted by atomic mass is 10.2. The Morgan fingerprint density at radius 3 is 2.67 bits per heavy atom. The second kappa shape index (κ2) is 7.97. The second-order valence-electron chi connectivity index (χ2n) is 4.49. The van der Waals surface area contributed by atoms with Crippen molar-refractivity contribution in [3.05, 3.63) is 28.5 Å². The Morgan fingerprint density at radius 2 is 2.14 bits per heavy atom. The van der Waals surface area contributed by atoms with Crippen molar-refractivity contribution < 1.29 is 23.8 Å². The van der Waals surface area contributed by atoms with Gasteiger partial charge in [0, 0.05) is 12.6 Å². The molecule has 0 heterocycles. The number of hydrogen-bond donors (Lipinski definition) is 1. The second-order valence-corrected chi connectivity index (χ2v) is 5.34. The highest BCUT2D eigenvalue weighted by molar-refractivity contribution is 9.10. The van der Waals surface area contributed by atoms with Crippen LogP contribution in [0.4, 0.5) is 4.39 Å². The van der Waals surface area contributed by atoms with Crippen molar-refractivity contribution in [3.63, 3.8) is 0 Å². The summed E-state index contributed by atoms with van der Waals surface area (Å²) in [6.07, 6.45) is -0.125. The summed E-state index contributed by atoms with van der Waals surface area (Å²) in [5, 5.41) is 8.77. The molecule has 0 radical (unpaired) electrons. The number of nitrogens with zero attached hydrogens (tertiary/aromatic N) is 1. The van der Waals surface area contributed by atoms with Crippen LogP contribution < -0.4 is 4.74 Å². The molecule has 0 aliphatic carbocycles. The van der Waals surface area contributed by atoms with Crippen molar-refractivity contribution in [1.82, 2.24) is 4.90 Å². The van der Waals surface area contributed by atoms with Gasteiger partial charge in [-0.3, -0.25) is 9.59 Å². The highest BCUT2D eigenvalue weighted by Crippen LogP contribution is 2.25. The van der Waals surface area contributed by atoms with Gasteiger partial charge in [0.1, 0.15) is 11.6 Å². The molecule has 1 aromatic rings. The molecule has 7 heteroatoms. The zero-order chi connectivity index (χ0) is 16.0. The molecule has 1 unspecified atom stereocenters. The quantitative estimate of drug-likeness (QED) is 0.810. The van der Waals surface area contributed by atoms with E-state index in [-0.39, 0.29) is 18.9 Å². The van der Waals surface area contributed by atoms with Crippen molar-refractivity contribution in [2.45, 2.75) is 26.3 Å². The fourth-order valence-electron chi connectivity index (χ4n) is 1.91. The monoisotopic (exact) mass is 361 g/mol. The number of carboxylic acids is 1. The molecule has 0 aromatic heterocycles. The van der Waals surface area contributed by atoms with Crippen LogP contribution in [0.25, 0.3) is 0 Å². The van der Waals surface area contributed by atoms with Gasteiger partial charge in [0.25, 0.3) is 5.91 Å². The van der Waals surface area contributed by atoms with Crippen molar-refractivity contribution >= 4 is 27.8 Å². The number of likely N-dealkylation sites (N-methyl/N-ethyl adjacent to an activating group) is 1. The average molecular weight is 362 g/mol. The Hall–Kier alpha value is -1.63. The van der Waals surface area contributed by atoms with Gasteiger partial charge in [-0.15, -0.1) is 0 Å². The van der Waals surface area contributed by atoms with Gasteiger partial charge in [0.15, 0.2) is 6.61 Å². The van der Waals surface area contributed by atoms with E-state index in [0.29, 0.717) is 16.8 Å². The predicted octanol–water partition coefficient (Wildman–Crippen LogP) is 2.68. The Bertz CT molecular complexity index is 524. The SMILES string of the molecule is CCN(C(=O)COc1ccc(F)cc1Br)C(C)CC(=O)O. The molecule has 1 rings (SSSR count). The van der Waals surface area contributed by atoms with Gasteiger partial charge in [-0.1, -0.05) is 0 Å². The maximum Gasteiger partial charge on any atom is 0.305 e. The standard InChI is InChI=1S/C14H17BrFNO4/c1-3-17(9(2)6-14(19)20)13(18)8-21-12-5-4-10(16)7-11(12)15/h4-5,7,9H,3,6,8H2,1-2H3,(H,19,20). The van der Waals surface area contributed by atoms with Crippen LogP contribution in [-0.2, 0) is 9.59 Å². The fourth-order valence-corrected chi connectivity index (χ4v) is 2.38. The first kappa shape index (κ1) is 17.4. The van der Waals surface area contributed by atoms with Gasteiger partial charge in [0.05, 0.1) is 10.9 Å². The predicted molar refractivity (Wildman–Crippen MR) is 78.7 cm³/mol. The molecule has 0 aliphatic rings. The van der Waals surface area contributed by atoms with E-state index in [2.05, 4.69) is 15.9 Å². The summed E-state index contributed by atoms with van der Waals surface area (Å²) in [5.41, 5.74) is 0. The van der Waals surface area contributed by atoms with Crippen molar-refractivity contribution in [2.75, 3.05) is 13.2 Å². The van der Waals surface area contributed by atoms with Gasteiger partial charge in [0.2, 0.25) is 0 Å². The lowest BCUT2D eigenvalue weighted by Gasteiger charge is -2.27. The maximum atomic E-state index is 12.9. The summed E-state index contributed by atoms with van der Waals surface area (Å²) < 4.78 is 18.7. The number of benzene rings is 1. The minimum atomic E-state index is -0.962. The molecule has 1 atom stereocenters. The van der Waals surface area contributed by atoms with Gasteiger partial charge < -0.3 is 14.7 Å².